The monoisotopic (exact) mass is 235 g/mol. The molecule has 1 aromatic carbocycles. The summed E-state index contributed by atoms with van der Waals surface area (Å²) in [6, 6.07) is 6.09. The summed E-state index contributed by atoms with van der Waals surface area (Å²) in [6.07, 6.45) is 0. The molecule has 0 aliphatic carbocycles. The van der Waals surface area contributed by atoms with Crippen molar-refractivity contribution in [1.82, 2.24) is 4.72 Å². The van der Waals surface area contributed by atoms with E-state index in [4.69, 9.17) is 0 Å². The first-order valence-electron chi connectivity index (χ1n) is 3.27. The normalized spacial score (nSPS) is 17.1. The van der Waals surface area contributed by atoms with Crippen molar-refractivity contribution in [3.8, 4) is 0 Å². The van der Waals surface area contributed by atoms with Crippen LogP contribution in [0.3, 0.4) is 0 Å². The molecule has 2 rings (SSSR count). The number of amides is 1. The molecule has 1 N–H and O–H groups in total. The van der Waals surface area contributed by atoms with Gasteiger partial charge in [0.05, 0.1) is 5.56 Å². The van der Waals surface area contributed by atoms with Gasteiger partial charge >= 0.3 is 0 Å². The van der Waals surface area contributed by atoms with Crippen molar-refractivity contribution in [2.24, 2.45) is 0 Å². The fourth-order valence-corrected chi connectivity index (χ4v) is 2.29. The fourth-order valence-electron chi connectivity index (χ4n) is 1.12. The van der Waals surface area contributed by atoms with Crippen LogP contribution in [0.25, 0.3) is 0 Å². The van der Waals surface area contributed by atoms with Crippen molar-refractivity contribution in [1.29, 1.82) is 0 Å². The Morgan fingerprint density at radius 1 is 1.15 bits per heavy atom. The van der Waals surface area contributed by atoms with Crippen molar-refractivity contribution in [2.45, 2.75) is 4.90 Å². The second-order valence-corrected chi connectivity index (χ2v) is 4.08. The number of rotatable bonds is 0. The summed E-state index contributed by atoms with van der Waals surface area (Å²) in [5, 5.41) is 0. The molecular formula is C7H5CrNO3S. The van der Waals surface area contributed by atoms with Gasteiger partial charge in [0, 0.05) is 17.4 Å². The second-order valence-electron chi connectivity index (χ2n) is 2.43. The average Bonchev–Trinajstić information content (AvgIpc) is 2.25. The quantitative estimate of drug-likeness (QED) is 0.694. The average molecular weight is 235 g/mol. The van der Waals surface area contributed by atoms with E-state index in [9.17, 15) is 13.2 Å². The molecule has 0 fully saturated rings. The van der Waals surface area contributed by atoms with E-state index < -0.39 is 15.9 Å². The molecule has 0 atom stereocenters. The maximum atomic E-state index is 11.1. The maximum Gasteiger partial charge on any atom is 0.266 e. The molecule has 0 aromatic heterocycles. The Bertz CT molecular complexity index is 455. The molecule has 68 valence electrons. The maximum absolute atomic E-state index is 11.1. The van der Waals surface area contributed by atoms with Crippen molar-refractivity contribution in [3.05, 3.63) is 29.8 Å². The first kappa shape index (κ1) is 10.3. The molecule has 6 heteroatoms. The first-order chi connectivity index (χ1) is 5.61. The minimum atomic E-state index is -3.55. The molecule has 0 saturated carbocycles. The predicted octanol–water partition coefficient (Wildman–Crippen LogP) is 0.116. The standard InChI is InChI=1S/C7H5NO3S.Cr/c9-7-5-3-1-2-4-6(5)12(10,11)8-7;/h1-4H,(H,8,9);. The molecule has 0 saturated heterocycles. The Hall–Kier alpha value is -0.828. The molecule has 0 unspecified atom stereocenters. The molecule has 1 aromatic rings. The summed E-state index contributed by atoms with van der Waals surface area (Å²) in [4.78, 5) is 11.1. The Kier molecular flexibility index (Phi) is 2.48. The molecule has 0 bridgehead atoms. The first-order valence-corrected chi connectivity index (χ1v) is 4.76. The van der Waals surface area contributed by atoms with E-state index in [0.717, 1.165) is 0 Å². The Morgan fingerprint density at radius 3 is 2.38 bits per heavy atom. The van der Waals surface area contributed by atoms with Gasteiger partial charge in [0.15, 0.2) is 0 Å². The van der Waals surface area contributed by atoms with Gasteiger partial charge in [-0.25, -0.2) is 13.1 Å². The van der Waals surface area contributed by atoms with Gasteiger partial charge < -0.3 is 0 Å². The van der Waals surface area contributed by atoms with Crippen LogP contribution in [0.1, 0.15) is 10.4 Å². The number of fused-ring (bicyclic) bond motifs is 1. The number of carbonyl (C=O) groups is 1. The van der Waals surface area contributed by atoms with Gasteiger partial charge in [0.25, 0.3) is 15.9 Å². The van der Waals surface area contributed by atoms with Crippen molar-refractivity contribution in [3.63, 3.8) is 0 Å². The van der Waals surface area contributed by atoms with Crippen LogP contribution in [0.2, 0.25) is 0 Å². The van der Waals surface area contributed by atoms with Crippen LogP contribution >= 0.6 is 0 Å². The Balaban J connectivity index is 0.000000845. The van der Waals surface area contributed by atoms with Crippen LogP contribution in [-0.4, -0.2) is 14.3 Å². The van der Waals surface area contributed by atoms with Crippen LogP contribution in [0.5, 0.6) is 0 Å². The van der Waals surface area contributed by atoms with Gasteiger partial charge in [-0.2, -0.15) is 0 Å². The number of benzene rings is 1. The van der Waals surface area contributed by atoms with E-state index in [1.54, 1.807) is 12.1 Å². The Labute approximate surface area is 86.1 Å². The van der Waals surface area contributed by atoms with Crippen LogP contribution in [0.4, 0.5) is 0 Å². The fraction of sp³-hybridized carbons (Fsp3) is 0. The second kappa shape index (κ2) is 3.15. The van der Waals surface area contributed by atoms with Crippen molar-refractivity contribution in [2.75, 3.05) is 0 Å². The topological polar surface area (TPSA) is 63.2 Å². The van der Waals surface area contributed by atoms with Crippen molar-refractivity contribution >= 4 is 15.9 Å². The van der Waals surface area contributed by atoms with Gasteiger partial charge in [-0.1, -0.05) is 12.1 Å². The summed E-state index contributed by atoms with van der Waals surface area (Å²) >= 11 is 0. The Morgan fingerprint density at radius 2 is 1.77 bits per heavy atom. The van der Waals surface area contributed by atoms with Crippen LogP contribution in [0.15, 0.2) is 29.2 Å². The summed E-state index contributed by atoms with van der Waals surface area (Å²) < 4.78 is 24.2. The zero-order valence-electron chi connectivity index (χ0n) is 6.35. The van der Waals surface area contributed by atoms with Crippen molar-refractivity contribution < 1.29 is 30.6 Å². The van der Waals surface area contributed by atoms with Crippen LogP contribution < -0.4 is 4.72 Å². The molecular weight excluding hydrogens is 230 g/mol. The summed E-state index contributed by atoms with van der Waals surface area (Å²) in [6.45, 7) is 0. The number of hydrogen-bond acceptors (Lipinski definition) is 3. The van der Waals surface area contributed by atoms with E-state index in [-0.39, 0.29) is 27.8 Å². The van der Waals surface area contributed by atoms with E-state index in [1.807, 2.05) is 4.72 Å². The van der Waals surface area contributed by atoms with Gasteiger partial charge in [0.1, 0.15) is 4.90 Å². The summed E-state index contributed by atoms with van der Waals surface area (Å²) in [7, 11) is -3.55. The molecule has 0 radical (unpaired) electrons. The molecule has 1 amide bonds. The molecule has 1 heterocycles. The summed E-state index contributed by atoms with van der Waals surface area (Å²) in [5.41, 5.74) is 0.220. The van der Waals surface area contributed by atoms with Crippen LogP contribution in [-0.2, 0) is 27.4 Å². The molecule has 1 aliphatic rings. The van der Waals surface area contributed by atoms with E-state index in [0.29, 0.717) is 0 Å². The van der Waals surface area contributed by atoms with E-state index in [2.05, 4.69) is 0 Å². The smallest absolute Gasteiger partial charge is 0.266 e. The predicted molar refractivity (Wildman–Crippen MR) is 41.1 cm³/mol. The zero-order chi connectivity index (χ0) is 8.77. The molecule has 0 spiro atoms. The van der Waals surface area contributed by atoms with Gasteiger partial charge in [-0.3, -0.25) is 4.79 Å². The SMILES string of the molecule is O=C1NS(=O)(=O)c2ccccc21.[Cr]. The van der Waals surface area contributed by atoms with Gasteiger partial charge in [-0.05, 0) is 12.1 Å². The third-order valence-corrected chi connectivity index (χ3v) is 3.04. The zero-order valence-corrected chi connectivity index (χ0v) is 8.44. The number of carbonyl (C=O) groups excluding carboxylic acids is 1. The van der Waals surface area contributed by atoms with E-state index in [1.165, 1.54) is 12.1 Å². The summed E-state index contributed by atoms with van der Waals surface area (Å²) in [5.74, 6) is -0.550. The minimum Gasteiger partial charge on any atom is -0.268 e. The number of nitrogens with one attached hydrogen (secondary N) is 1. The molecule has 13 heavy (non-hydrogen) atoms. The van der Waals surface area contributed by atoms with E-state index >= 15 is 0 Å². The van der Waals surface area contributed by atoms with Crippen LogP contribution in [0, 0.1) is 0 Å². The third kappa shape index (κ3) is 1.48. The van der Waals surface area contributed by atoms with Gasteiger partial charge in [0.2, 0.25) is 0 Å². The largest absolute Gasteiger partial charge is 0.268 e. The molecule has 1 aliphatic heterocycles. The number of hydrogen-bond donors (Lipinski definition) is 1. The minimum absolute atomic E-state index is 0. The molecule has 4 nitrogen and oxygen atoms in total. The van der Waals surface area contributed by atoms with Gasteiger partial charge in [-0.15, -0.1) is 0 Å². The number of sulfonamides is 1. The third-order valence-electron chi connectivity index (χ3n) is 1.65.